The van der Waals surface area contributed by atoms with Crippen LogP contribution < -0.4 is 18.5 Å². The summed E-state index contributed by atoms with van der Waals surface area (Å²) >= 11 is 0. The van der Waals surface area contributed by atoms with Crippen LogP contribution in [0.25, 0.3) is 11.6 Å². The molecule has 40 heavy (non-hydrogen) atoms. The van der Waals surface area contributed by atoms with E-state index < -0.39 is 10.0 Å². The molecule has 11 nitrogen and oxygen atoms in total. The van der Waals surface area contributed by atoms with Gasteiger partial charge in [-0.2, -0.15) is 4.98 Å². The zero-order chi connectivity index (χ0) is 28.9. The van der Waals surface area contributed by atoms with Gasteiger partial charge in [-0.1, -0.05) is 45.0 Å². The summed E-state index contributed by atoms with van der Waals surface area (Å²) in [5.74, 6) is 0.458. The van der Waals surface area contributed by atoms with Gasteiger partial charge in [-0.3, -0.25) is 0 Å². The number of methoxy groups -OCH3 is 1. The Balaban J connectivity index is 1.91. The van der Waals surface area contributed by atoms with Gasteiger partial charge in [-0.25, -0.2) is 27.7 Å². The van der Waals surface area contributed by atoms with Crippen molar-refractivity contribution in [1.82, 2.24) is 19.9 Å². The van der Waals surface area contributed by atoms with Crippen LogP contribution in [0.2, 0.25) is 0 Å². The van der Waals surface area contributed by atoms with E-state index in [2.05, 4.69) is 19.9 Å². The van der Waals surface area contributed by atoms with E-state index in [1.54, 1.807) is 54.6 Å². The molecule has 0 aliphatic heterocycles. The van der Waals surface area contributed by atoms with Gasteiger partial charge in [-0.05, 0) is 41.3 Å². The number of aromatic nitrogens is 4. The van der Waals surface area contributed by atoms with Crippen LogP contribution in [-0.2, 0) is 15.4 Å². The average Bonchev–Trinajstić information content (AvgIpc) is 2.96. The molecule has 0 atom stereocenters. The number of hydrogen-bond acceptors (Lipinski definition) is 10. The maximum absolute atomic E-state index is 13.9. The van der Waals surface area contributed by atoms with Crippen molar-refractivity contribution in [3.8, 4) is 34.8 Å². The number of sulfonamides is 1. The molecule has 1 N–H and O–H groups in total. The Hall–Kier alpha value is -4.29. The molecule has 4 rings (SSSR count). The highest BCUT2D eigenvalue weighted by molar-refractivity contribution is 7.92. The Bertz CT molecular complexity index is 1560. The number of benzene rings is 2. The first-order valence-corrected chi connectivity index (χ1v) is 13.8. The molecule has 0 fully saturated rings. The average molecular weight is 566 g/mol. The third-order valence-electron chi connectivity index (χ3n) is 5.87. The summed E-state index contributed by atoms with van der Waals surface area (Å²) in [6.07, 6.45) is 3.02. The summed E-state index contributed by atoms with van der Waals surface area (Å²) in [6, 6.07) is 15.1. The van der Waals surface area contributed by atoms with Crippen molar-refractivity contribution < 1.29 is 27.7 Å². The van der Waals surface area contributed by atoms with Crippen LogP contribution in [0.1, 0.15) is 26.3 Å². The smallest absolute Gasteiger partial charge is 0.265 e. The van der Waals surface area contributed by atoms with Gasteiger partial charge in [0.1, 0.15) is 6.61 Å². The largest absolute Gasteiger partial charge is 0.493 e. The quantitative estimate of drug-likeness (QED) is 0.297. The minimum Gasteiger partial charge on any atom is -0.493 e. The van der Waals surface area contributed by atoms with Gasteiger partial charge in [0.15, 0.2) is 23.1 Å². The third-order valence-corrected chi connectivity index (χ3v) is 7.63. The fraction of sp³-hybridized carbons (Fsp3) is 0.286. The van der Waals surface area contributed by atoms with Gasteiger partial charge in [-0.15, -0.1) is 0 Å². The number of aliphatic hydroxyl groups is 1. The molecule has 210 valence electrons. The van der Waals surface area contributed by atoms with Crippen molar-refractivity contribution >= 4 is 15.8 Å². The minimum absolute atomic E-state index is 0.000969. The molecule has 2 aromatic carbocycles. The lowest BCUT2D eigenvalue weighted by molar-refractivity contribution is 0.192. The Morgan fingerprint density at radius 3 is 2.15 bits per heavy atom. The van der Waals surface area contributed by atoms with Crippen LogP contribution in [0, 0.1) is 0 Å². The predicted molar refractivity (Wildman–Crippen MR) is 149 cm³/mol. The SMILES string of the molecule is COc1ccccc1Oc1c(OCCO)nc(-c2ncccn2)nc1N(C)S(=O)(=O)c1ccc(C(C)(C)C)cc1. The van der Waals surface area contributed by atoms with E-state index in [0.717, 1.165) is 9.87 Å². The second kappa shape index (κ2) is 11.8. The number of anilines is 1. The van der Waals surface area contributed by atoms with E-state index in [1.165, 1.54) is 26.6 Å². The maximum atomic E-state index is 13.9. The summed E-state index contributed by atoms with van der Waals surface area (Å²) < 4.78 is 46.0. The monoisotopic (exact) mass is 565 g/mol. The van der Waals surface area contributed by atoms with Crippen molar-refractivity contribution in [2.24, 2.45) is 0 Å². The fourth-order valence-corrected chi connectivity index (χ4v) is 4.84. The third kappa shape index (κ3) is 6.13. The first kappa shape index (κ1) is 28.7. The summed E-state index contributed by atoms with van der Waals surface area (Å²) in [7, 11) is -1.30. The Labute approximate surface area is 233 Å². The van der Waals surface area contributed by atoms with E-state index in [4.69, 9.17) is 14.2 Å². The number of ether oxygens (including phenoxy) is 3. The van der Waals surface area contributed by atoms with Crippen molar-refractivity contribution in [3.05, 3.63) is 72.6 Å². The van der Waals surface area contributed by atoms with Crippen LogP contribution in [-0.4, -0.2) is 60.8 Å². The van der Waals surface area contributed by atoms with E-state index >= 15 is 0 Å². The molecule has 0 bridgehead atoms. The second-order valence-corrected chi connectivity index (χ2v) is 11.6. The lowest BCUT2D eigenvalue weighted by Gasteiger charge is -2.24. The van der Waals surface area contributed by atoms with Crippen LogP contribution in [0.15, 0.2) is 71.9 Å². The standard InChI is InChI=1S/C28H31N5O6S/c1-28(2,3)19-11-13-20(14-12-19)40(35,36)33(4)26-23(39-22-10-7-6-9-21(22)37-5)27(38-18-17-34)32-25(31-26)24-29-15-8-16-30-24/h6-16,34H,17-18H2,1-5H3. The molecule has 0 spiro atoms. The number of nitrogens with zero attached hydrogens (tertiary/aromatic N) is 5. The first-order chi connectivity index (χ1) is 19.1. The molecule has 0 radical (unpaired) electrons. The number of para-hydroxylation sites is 2. The van der Waals surface area contributed by atoms with E-state index in [0.29, 0.717) is 5.75 Å². The lowest BCUT2D eigenvalue weighted by Crippen LogP contribution is -2.28. The molecule has 0 aliphatic rings. The summed E-state index contributed by atoms with van der Waals surface area (Å²) in [4.78, 5) is 17.4. The van der Waals surface area contributed by atoms with Gasteiger partial charge in [0, 0.05) is 19.4 Å². The van der Waals surface area contributed by atoms with Crippen molar-refractivity contribution in [2.75, 3.05) is 31.7 Å². The number of rotatable bonds is 10. The second-order valence-electron chi connectivity index (χ2n) is 9.65. The molecule has 0 saturated heterocycles. The predicted octanol–water partition coefficient (Wildman–Crippen LogP) is 4.23. The molecule has 12 heteroatoms. The molecule has 2 aromatic heterocycles. The summed E-state index contributed by atoms with van der Waals surface area (Å²) in [5, 5.41) is 9.45. The highest BCUT2D eigenvalue weighted by Gasteiger charge is 2.31. The van der Waals surface area contributed by atoms with Crippen LogP contribution in [0.5, 0.6) is 23.1 Å². The Morgan fingerprint density at radius 1 is 0.900 bits per heavy atom. The molecular formula is C28H31N5O6S. The minimum atomic E-state index is -4.13. The molecule has 0 aliphatic carbocycles. The van der Waals surface area contributed by atoms with E-state index in [1.807, 2.05) is 20.8 Å². The number of aliphatic hydroxyl groups excluding tert-OH is 1. The summed E-state index contributed by atoms with van der Waals surface area (Å²) in [6.45, 7) is 5.68. The normalized spacial score (nSPS) is 11.7. The molecule has 0 unspecified atom stereocenters. The molecule has 0 amide bonds. The zero-order valence-electron chi connectivity index (χ0n) is 22.9. The Morgan fingerprint density at radius 2 is 1.55 bits per heavy atom. The Kier molecular flexibility index (Phi) is 8.50. The first-order valence-electron chi connectivity index (χ1n) is 12.4. The molecule has 2 heterocycles. The van der Waals surface area contributed by atoms with Gasteiger partial charge in [0.25, 0.3) is 15.9 Å². The maximum Gasteiger partial charge on any atom is 0.265 e. The van der Waals surface area contributed by atoms with Crippen LogP contribution >= 0.6 is 0 Å². The van der Waals surface area contributed by atoms with Crippen LogP contribution in [0.3, 0.4) is 0 Å². The van der Waals surface area contributed by atoms with Crippen molar-refractivity contribution in [2.45, 2.75) is 31.1 Å². The van der Waals surface area contributed by atoms with Crippen molar-refractivity contribution in [1.29, 1.82) is 0 Å². The zero-order valence-corrected chi connectivity index (χ0v) is 23.7. The van der Waals surface area contributed by atoms with Gasteiger partial charge < -0.3 is 19.3 Å². The lowest BCUT2D eigenvalue weighted by atomic mass is 9.87. The van der Waals surface area contributed by atoms with E-state index in [-0.39, 0.29) is 58.4 Å². The van der Waals surface area contributed by atoms with Gasteiger partial charge in [0.2, 0.25) is 11.6 Å². The van der Waals surface area contributed by atoms with Crippen LogP contribution in [0.4, 0.5) is 5.82 Å². The van der Waals surface area contributed by atoms with Gasteiger partial charge >= 0.3 is 0 Å². The summed E-state index contributed by atoms with van der Waals surface area (Å²) in [5.41, 5.74) is 0.833. The van der Waals surface area contributed by atoms with Crippen molar-refractivity contribution in [3.63, 3.8) is 0 Å². The topological polar surface area (TPSA) is 137 Å². The van der Waals surface area contributed by atoms with E-state index in [9.17, 15) is 13.5 Å². The highest BCUT2D eigenvalue weighted by atomic mass is 32.2. The fourth-order valence-electron chi connectivity index (χ4n) is 3.69. The molecule has 0 saturated carbocycles. The molecule has 4 aromatic rings. The number of hydrogen-bond donors (Lipinski definition) is 1. The highest BCUT2D eigenvalue weighted by Crippen LogP contribution is 2.43. The van der Waals surface area contributed by atoms with Gasteiger partial charge in [0.05, 0.1) is 18.6 Å². The molecular weight excluding hydrogens is 534 g/mol.